The second-order valence-corrected chi connectivity index (χ2v) is 7.89. The molecule has 9 heteroatoms. The van der Waals surface area contributed by atoms with Gasteiger partial charge in [0.15, 0.2) is 5.13 Å². The number of anilines is 2. The maximum Gasteiger partial charge on any atom is 0.350 e. The summed E-state index contributed by atoms with van der Waals surface area (Å²) in [5.41, 5.74) is 2.11. The van der Waals surface area contributed by atoms with E-state index in [0.717, 1.165) is 16.9 Å². The maximum atomic E-state index is 12.7. The van der Waals surface area contributed by atoms with Crippen molar-refractivity contribution in [1.82, 2.24) is 4.98 Å². The van der Waals surface area contributed by atoms with Gasteiger partial charge < -0.3 is 19.7 Å². The van der Waals surface area contributed by atoms with Gasteiger partial charge in [0.25, 0.3) is 0 Å². The first-order valence-electron chi connectivity index (χ1n) is 9.35. The van der Waals surface area contributed by atoms with Crippen molar-refractivity contribution in [3.63, 3.8) is 0 Å². The molecule has 3 rings (SSSR count). The SMILES string of the molecule is C=CCOC(=O)c1sc(NC(=O)C2CC(=O)N(c3cc(C)ccc3OC)C2)nc1C. The number of nitrogens with one attached hydrogen (secondary N) is 1. The van der Waals surface area contributed by atoms with E-state index in [1.807, 2.05) is 19.1 Å². The average Bonchev–Trinajstić information content (AvgIpc) is 3.28. The fourth-order valence-electron chi connectivity index (χ4n) is 3.17. The van der Waals surface area contributed by atoms with Crippen LogP contribution < -0.4 is 15.0 Å². The smallest absolute Gasteiger partial charge is 0.350 e. The van der Waals surface area contributed by atoms with E-state index < -0.39 is 11.9 Å². The highest BCUT2D eigenvalue weighted by Crippen LogP contribution is 2.34. The molecular weight excluding hydrogens is 406 g/mol. The van der Waals surface area contributed by atoms with Gasteiger partial charge in [0.2, 0.25) is 11.8 Å². The van der Waals surface area contributed by atoms with Gasteiger partial charge in [-0.1, -0.05) is 30.1 Å². The zero-order valence-electron chi connectivity index (χ0n) is 17.1. The van der Waals surface area contributed by atoms with Crippen molar-refractivity contribution in [2.24, 2.45) is 5.92 Å². The molecule has 1 N–H and O–H groups in total. The van der Waals surface area contributed by atoms with Crippen LogP contribution >= 0.6 is 11.3 Å². The number of carbonyl (C=O) groups excluding carboxylic acids is 3. The number of rotatable bonds is 7. The van der Waals surface area contributed by atoms with Gasteiger partial charge in [-0.25, -0.2) is 9.78 Å². The van der Waals surface area contributed by atoms with Gasteiger partial charge in [0.1, 0.15) is 17.2 Å². The highest BCUT2D eigenvalue weighted by atomic mass is 32.1. The number of esters is 1. The van der Waals surface area contributed by atoms with Gasteiger partial charge >= 0.3 is 5.97 Å². The van der Waals surface area contributed by atoms with Gasteiger partial charge in [-0.15, -0.1) is 0 Å². The molecule has 1 unspecified atom stereocenters. The van der Waals surface area contributed by atoms with Gasteiger partial charge in [0.05, 0.1) is 24.4 Å². The molecule has 30 heavy (non-hydrogen) atoms. The normalized spacial score (nSPS) is 15.8. The van der Waals surface area contributed by atoms with Crippen molar-refractivity contribution < 1.29 is 23.9 Å². The molecule has 0 spiro atoms. The van der Waals surface area contributed by atoms with Crippen molar-refractivity contribution in [3.8, 4) is 5.75 Å². The first kappa shape index (κ1) is 21.5. The number of hydrogen-bond donors (Lipinski definition) is 1. The zero-order valence-corrected chi connectivity index (χ0v) is 17.9. The minimum Gasteiger partial charge on any atom is -0.495 e. The van der Waals surface area contributed by atoms with Crippen LogP contribution in [0.25, 0.3) is 0 Å². The van der Waals surface area contributed by atoms with E-state index in [0.29, 0.717) is 27.1 Å². The molecule has 1 fully saturated rings. The minimum atomic E-state index is -0.539. The van der Waals surface area contributed by atoms with E-state index >= 15 is 0 Å². The molecule has 0 aliphatic carbocycles. The van der Waals surface area contributed by atoms with Gasteiger partial charge in [0, 0.05) is 13.0 Å². The van der Waals surface area contributed by atoms with Crippen LogP contribution in [0.5, 0.6) is 5.75 Å². The monoisotopic (exact) mass is 429 g/mol. The van der Waals surface area contributed by atoms with E-state index in [2.05, 4.69) is 16.9 Å². The molecule has 0 bridgehead atoms. The van der Waals surface area contributed by atoms with Crippen molar-refractivity contribution in [2.45, 2.75) is 20.3 Å². The molecule has 1 aromatic heterocycles. The minimum absolute atomic E-state index is 0.0848. The van der Waals surface area contributed by atoms with Crippen LogP contribution in [0.3, 0.4) is 0 Å². The standard InChI is InChI=1S/C21H23N3O5S/c1-5-8-29-20(27)18-13(3)22-21(30-18)23-19(26)14-10-17(25)24(11-14)15-9-12(2)6-7-16(15)28-4/h5-7,9,14H,1,8,10-11H2,2-4H3,(H,22,23,26). The Morgan fingerprint density at radius 3 is 2.87 bits per heavy atom. The summed E-state index contributed by atoms with van der Waals surface area (Å²) >= 11 is 1.04. The number of aryl methyl sites for hydroxylation is 2. The van der Waals surface area contributed by atoms with E-state index in [-0.39, 0.29) is 31.4 Å². The molecule has 158 valence electrons. The fraction of sp³-hybridized carbons (Fsp3) is 0.333. The molecule has 2 amide bonds. The van der Waals surface area contributed by atoms with E-state index in [1.54, 1.807) is 25.0 Å². The average molecular weight is 429 g/mol. The lowest BCUT2D eigenvalue weighted by Gasteiger charge is -2.20. The van der Waals surface area contributed by atoms with E-state index in [9.17, 15) is 14.4 Å². The number of thiazole rings is 1. The van der Waals surface area contributed by atoms with Crippen LogP contribution in [0, 0.1) is 19.8 Å². The molecule has 1 aromatic carbocycles. The Bertz CT molecular complexity index is 1000. The Morgan fingerprint density at radius 2 is 2.17 bits per heavy atom. The van der Waals surface area contributed by atoms with Gasteiger partial charge in [-0.3, -0.25) is 9.59 Å². The van der Waals surface area contributed by atoms with Gasteiger partial charge in [-0.05, 0) is 31.5 Å². The lowest BCUT2D eigenvalue weighted by atomic mass is 10.1. The Balaban J connectivity index is 1.71. The van der Waals surface area contributed by atoms with Crippen LogP contribution in [0.2, 0.25) is 0 Å². The summed E-state index contributed by atoms with van der Waals surface area (Å²) < 4.78 is 10.4. The maximum absolute atomic E-state index is 12.7. The summed E-state index contributed by atoms with van der Waals surface area (Å²) in [6.45, 7) is 7.43. The largest absolute Gasteiger partial charge is 0.495 e. The summed E-state index contributed by atoms with van der Waals surface area (Å²) in [5.74, 6) is -0.948. The molecular formula is C21H23N3O5S. The van der Waals surface area contributed by atoms with Crippen molar-refractivity contribution >= 4 is 39.9 Å². The second-order valence-electron chi connectivity index (χ2n) is 6.89. The summed E-state index contributed by atoms with van der Waals surface area (Å²) in [5, 5.41) is 3.01. The third kappa shape index (κ3) is 4.51. The lowest BCUT2D eigenvalue weighted by molar-refractivity contribution is -0.122. The summed E-state index contributed by atoms with van der Waals surface area (Å²) in [4.78, 5) is 43.5. The first-order valence-corrected chi connectivity index (χ1v) is 10.2. The lowest BCUT2D eigenvalue weighted by Crippen LogP contribution is -2.28. The Morgan fingerprint density at radius 1 is 1.40 bits per heavy atom. The van der Waals surface area contributed by atoms with Crippen LogP contribution in [0.1, 0.15) is 27.3 Å². The number of aromatic nitrogens is 1. The summed E-state index contributed by atoms with van der Waals surface area (Å²) in [6, 6.07) is 5.56. The molecule has 0 radical (unpaired) electrons. The molecule has 8 nitrogen and oxygen atoms in total. The van der Waals surface area contributed by atoms with Crippen LogP contribution in [0.15, 0.2) is 30.9 Å². The number of nitrogens with zero attached hydrogens (tertiary/aromatic N) is 2. The highest BCUT2D eigenvalue weighted by molar-refractivity contribution is 7.17. The third-order valence-corrected chi connectivity index (χ3v) is 5.72. The Kier molecular flexibility index (Phi) is 6.51. The highest BCUT2D eigenvalue weighted by Gasteiger charge is 2.36. The van der Waals surface area contributed by atoms with Crippen molar-refractivity contribution in [3.05, 3.63) is 47.0 Å². The molecule has 1 saturated heterocycles. The molecule has 1 aliphatic rings. The molecule has 2 aromatic rings. The number of benzene rings is 1. The number of hydrogen-bond acceptors (Lipinski definition) is 7. The second kappa shape index (κ2) is 9.08. The van der Waals surface area contributed by atoms with Crippen LogP contribution in [-0.2, 0) is 14.3 Å². The van der Waals surface area contributed by atoms with E-state index in [4.69, 9.17) is 9.47 Å². The molecule has 2 heterocycles. The quantitative estimate of drug-likeness (QED) is 0.537. The third-order valence-electron chi connectivity index (χ3n) is 4.67. The summed E-state index contributed by atoms with van der Waals surface area (Å²) in [7, 11) is 1.54. The van der Waals surface area contributed by atoms with Gasteiger partial charge in [-0.2, -0.15) is 0 Å². The van der Waals surface area contributed by atoms with Crippen molar-refractivity contribution in [1.29, 1.82) is 0 Å². The molecule has 1 atom stereocenters. The topological polar surface area (TPSA) is 97.8 Å². The molecule has 1 aliphatic heterocycles. The number of amides is 2. The van der Waals surface area contributed by atoms with Crippen LogP contribution in [-0.4, -0.2) is 43.0 Å². The van der Waals surface area contributed by atoms with Crippen LogP contribution in [0.4, 0.5) is 10.8 Å². The summed E-state index contributed by atoms with van der Waals surface area (Å²) in [6.07, 6.45) is 1.56. The number of carbonyl (C=O) groups is 3. The number of methoxy groups -OCH3 is 1. The zero-order chi connectivity index (χ0) is 21.8. The fourth-order valence-corrected chi connectivity index (χ4v) is 4.04. The van der Waals surface area contributed by atoms with Crippen molar-refractivity contribution in [2.75, 3.05) is 30.5 Å². The first-order chi connectivity index (χ1) is 14.3. The predicted octanol–water partition coefficient (Wildman–Crippen LogP) is 3.10. The molecule has 0 saturated carbocycles. The Labute approximate surface area is 178 Å². The predicted molar refractivity (Wildman–Crippen MR) is 114 cm³/mol. The number of ether oxygens (including phenoxy) is 2. The Hall–Kier alpha value is -3.20. The van der Waals surface area contributed by atoms with E-state index in [1.165, 1.54) is 6.08 Å².